The van der Waals surface area contributed by atoms with Gasteiger partial charge in [0.05, 0.1) is 11.8 Å². The lowest BCUT2D eigenvalue weighted by atomic mass is 10.1. The molecule has 1 fully saturated rings. The number of nitrogens with zero attached hydrogens (tertiary/aromatic N) is 1. The van der Waals surface area contributed by atoms with Crippen LogP contribution in [0, 0.1) is 0 Å². The Kier molecular flexibility index (Phi) is 3.25. The number of benzene rings is 1. The maximum absolute atomic E-state index is 11.0. The van der Waals surface area contributed by atoms with Crippen LogP contribution in [0.25, 0.3) is 11.0 Å². The van der Waals surface area contributed by atoms with Crippen molar-refractivity contribution in [2.75, 3.05) is 13.1 Å². The summed E-state index contributed by atoms with van der Waals surface area (Å²) in [5.74, 6) is -0.896. The average molecular weight is 259 g/mol. The predicted octanol–water partition coefficient (Wildman–Crippen LogP) is 3.12. The zero-order valence-electron chi connectivity index (χ0n) is 10.8. The van der Waals surface area contributed by atoms with Gasteiger partial charge in [-0.1, -0.05) is 6.42 Å². The molecule has 1 aliphatic rings. The molecule has 0 unspecified atom stereocenters. The molecule has 4 heteroatoms. The highest BCUT2D eigenvalue weighted by Gasteiger charge is 2.15. The molecule has 0 amide bonds. The van der Waals surface area contributed by atoms with E-state index in [1.54, 1.807) is 24.5 Å². The van der Waals surface area contributed by atoms with E-state index in [2.05, 4.69) is 4.90 Å². The molecule has 1 N–H and O–H groups in total. The summed E-state index contributed by atoms with van der Waals surface area (Å²) in [6, 6.07) is 5.03. The second-order valence-corrected chi connectivity index (χ2v) is 5.11. The van der Waals surface area contributed by atoms with Gasteiger partial charge in [-0.05, 0) is 44.1 Å². The van der Waals surface area contributed by atoms with Crippen LogP contribution in [-0.2, 0) is 6.54 Å². The number of piperidine rings is 1. The first kappa shape index (κ1) is 12.2. The third kappa shape index (κ3) is 2.49. The number of carboxylic acid groups (broad SMARTS) is 1. The fourth-order valence-corrected chi connectivity index (χ4v) is 2.70. The topological polar surface area (TPSA) is 53.7 Å². The van der Waals surface area contributed by atoms with E-state index in [0.29, 0.717) is 5.56 Å². The second-order valence-electron chi connectivity index (χ2n) is 5.11. The summed E-state index contributed by atoms with van der Waals surface area (Å²) in [4.78, 5) is 13.4. The number of aromatic carboxylic acids is 1. The molecule has 3 rings (SSSR count). The van der Waals surface area contributed by atoms with Crippen molar-refractivity contribution in [3.8, 4) is 0 Å². The second kappa shape index (κ2) is 5.05. The normalized spacial score (nSPS) is 16.8. The van der Waals surface area contributed by atoms with Crippen LogP contribution in [0.1, 0.15) is 35.2 Å². The maximum atomic E-state index is 11.0. The molecule has 2 heterocycles. The Labute approximate surface area is 111 Å². The number of likely N-dealkylation sites (tertiary alicyclic amines) is 1. The van der Waals surface area contributed by atoms with Crippen LogP contribution in [0.2, 0.25) is 0 Å². The summed E-state index contributed by atoms with van der Waals surface area (Å²) in [6.07, 6.45) is 5.56. The molecular formula is C15H17NO3. The highest BCUT2D eigenvalue weighted by Crippen LogP contribution is 2.25. The minimum Gasteiger partial charge on any atom is -0.478 e. The molecule has 19 heavy (non-hydrogen) atoms. The van der Waals surface area contributed by atoms with Gasteiger partial charge < -0.3 is 9.52 Å². The molecule has 0 saturated carbocycles. The zero-order chi connectivity index (χ0) is 13.2. The standard InChI is InChI=1S/C15H17NO3/c17-15(18)11-4-5-14-13(8-11)12(10-19-14)9-16-6-2-1-3-7-16/h4-5,8,10H,1-3,6-7,9H2,(H,17,18). The number of rotatable bonds is 3. The number of furan rings is 1. The lowest BCUT2D eigenvalue weighted by Crippen LogP contribution is -2.28. The van der Waals surface area contributed by atoms with Crippen LogP contribution >= 0.6 is 0 Å². The molecule has 1 aliphatic heterocycles. The van der Waals surface area contributed by atoms with Gasteiger partial charge in [-0.3, -0.25) is 4.90 Å². The molecule has 0 atom stereocenters. The van der Waals surface area contributed by atoms with Crippen LogP contribution in [0.4, 0.5) is 0 Å². The van der Waals surface area contributed by atoms with Gasteiger partial charge >= 0.3 is 5.97 Å². The van der Waals surface area contributed by atoms with Crippen LogP contribution < -0.4 is 0 Å². The van der Waals surface area contributed by atoms with E-state index < -0.39 is 5.97 Å². The van der Waals surface area contributed by atoms with Crippen molar-refractivity contribution in [2.45, 2.75) is 25.8 Å². The van der Waals surface area contributed by atoms with Crippen molar-refractivity contribution < 1.29 is 14.3 Å². The maximum Gasteiger partial charge on any atom is 0.335 e. The Balaban J connectivity index is 1.89. The fourth-order valence-electron chi connectivity index (χ4n) is 2.70. The van der Waals surface area contributed by atoms with Crippen LogP contribution in [0.3, 0.4) is 0 Å². The van der Waals surface area contributed by atoms with Gasteiger partial charge in [-0.2, -0.15) is 0 Å². The summed E-state index contributed by atoms with van der Waals surface area (Å²) in [7, 11) is 0. The Morgan fingerprint density at radius 3 is 2.79 bits per heavy atom. The molecular weight excluding hydrogens is 242 g/mol. The lowest BCUT2D eigenvalue weighted by molar-refractivity contribution is 0.0697. The monoisotopic (exact) mass is 259 g/mol. The minimum atomic E-state index is -0.896. The number of hydrogen-bond acceptors (Lipinski definition) is 3. The quantitative estimate of drug-likeness (QED) is 0.920. The van der Waals surface area contributed by atoms with Gasteiger partial charge in [0.2, 0.25) is 0 Å². The van der Waals surface area contributed by atoms with Crippen molar-refractivity contribution in [3.63, 3.8) is 0 Å². The van der Waals surface area contributed by atoms with Gasteiger partial charge in [0.15, 0.2) is 0 Å². The number of carbonyl (C=O) groups is 1. The molecule has 100 valence electrons. The number of hydrogen-bond donors (Lipinski definition) is 1. The van der Waals surface area contributed by atoms with Crippen molar-refractivity contribution >= 4 is 16.9 Å². The average Bonchev–Trinajstić information content (AvgIpc) is 2.82. The van der Waals surface area contributed by atoms with Crippen LogP contribution in [0.5, 0.6) is 0 Å². The predicted molar refractivity (Wildman–Crippen MR) is 72.3 cm³/mol. The molecule has 4 nitrogen and oxygen atoms in total. The van der Waals surface area contributed by atoms with Crippen molar-refractivity contribution in [2.24, 2.45) is 0 Å². The van der Waals surface area contributed by atoms with Gasteiger partial charge in [0.1, 0.15) is 5.58 Å². The molecule has 1 aromatic carbocycles. The highest BCUT2D eigenvalue weighted by atomic mass is 16.4. The summed E-state index contributed by atoms with van der Waals surface area (Å²) >= 11 is 0. The van der Waals surface area contributed by atoms with Gasteiger partial charge in [-0.15, -0.1) is 0 Å². The number of carboxylic acids is 1. The van der Waals surface area contributed by atoms with E-state index in [1.807, 2.05) is 0 Å². The minimum absolute atomic E-state index is 0.314. The van der Waals surface area contributed by atoms with E-state index in [-0.39, 0.29) is 0 Å². The molecule has 0 aliphatic carbocycles. The first-order valence-corrected chi connectivity index (χ1v) is 6.70. The molecule has 1 aromatic heterocycles. The summed E-state index contributed by atoms with van der Waals surface area (Å²) < 4.78 is 5.51. The Morgan fingerprint density at radius 2 is 2.05 bits per heavy atom. The van der Waals surface area contributed by atoms with Gasteiger partial charge in [0, 0.05) is 17.5 Å². The van der Waals surface area contributed by atoms with Crippen LogP contribution in [-0.4, -0.2) is 29.1 Å². The molecule has 1 saturated heterocycles. The van der Waals surface area contributed by atoms with Gasteiger partial charge in [-0.25, -0.2) is 4.79 Å². The summed E-state index contributed by atoms with van der Waals surface area (Å²) in [6.45, 7) is 3.08. The third-order valence-electron chi connectivity index (χ3n) is 3.74. The largest absolute Gasteiger partial charge is 0.478 e. The first-order chi connectivity index (χ1) is 9.24. The van der Waals surface area contributed by atoms with E-state index in [9.17, 15) is 4.79 Å². The van der Waals surface area contributed by atoms with Crippen molar-refractivity contribution in [1.29, 1.82) is 0 Å². The van der Waals surface area contributed by atoms with E-state index in [1.165, 1.54) is 19.3 Å². The summed E-state index contributed by atoms with van der Waals surface area (Å²) in [5.41, 5.74) is 2.16. The van der Waals surface area contributed by atoms with Crippen LogP contribution in [0.15, 0.2) is 28.9 Å². The zero-order valence-corrected chi connectivity index (χ0v) is 10.8. The van der Waals surface area contributed by atoms with Crippen molar-refractivity contribution in [1.82, 2.24) is 4.90 Å². The molecule has 0 spiro atoms. The van der Waals surface area contributed by atoms with Gasteiger partial charge in [0.25, 0.3) is 0 Å². The third-order valence-corrected chi connectivity index (χ3v) is 3.74. The molecule has 0 bridgehead atoms. The van der Waals surface area contributed by atoms with E-state index in [0.717, 1.165) is 36.2 Å². The SMILES string of the molecule is O=C(O)c1ccc2occ(CN3CCCCC3)c2c1. The number of fused-ring (bicyclic) bond motifs is 1. The summed E-state index contributed by atoms with van der Waals surface area (Å²) in [5, 5.41) is 9.97. The van der Waals surface area contributed by atoms with E-state index >= 15 is 0 Å². The fraction of sp³-hybridized carbons (Fsp3) is 0.400. The lowest BCUT2D eigenvalue weighted by Gasteiger charge is -2.25. The highest BCUT2D eigenvalue weighted by molar-refractivity contribution is 5.93. The Morgan fingerprint density at radius 1 is 1.26 bits per heavy atom. The van der Waals surface area contributed by atoms with Crippen molar-refractivity contribution in [3.05, 3.63) is 35.6 Å². The van der Waals surface area contributed by atoms with E-state index in [4.69, 9.17) is 9.52 Å². The Hall–Kier alpha value is -1.81. The molecule has 2 aromatic rings. The smallest absolute Gasteiger partial charge is 0.335 e. The Bertz CT molecular complexity index is 596. The first-order valence-electron chi connectivity index (χ1n) is 6.70. The molecule has 0 radical (unpaired) electrons.